The summed E-state index contributed by atoms with van der Waals surface area (Å²) in [5.74, 6) is 0.752. The molecule has 1 aromatic carbocycles. The Labute approximate surface area is 91.5 Å². The van der Waals surface area contributed by atoms with Gasteiger partial charge in [-0.2, -0.15) is 0 Å². The average Bonchev–Trinajstić information content (AvgIpc) is 2.66. The Balaban J connectivity index is 2.01. The van der Waals surface area contributed by atoms with Crippen LogP contribution in [0.4, 0.5) is 0 Å². The van der Waals surface area contributed by atoms with Crippen molar-refractivity contribution in [3.8, 4) is 0 Å². The number of carbonyl (C=O) groups excluding carboxylic acids is 1. The standard InChI is InChI=1S/C14H17O/c1-2-11-6-8-12(9-7-11)10-13-4-3-5-14(13)15/h2,6-9,13H,3-5,10H2,1H3. The molecule has 1 aliphatic carbocycles. The fourth-order valence-electron chi connectivity index (χ4n) is 2.23. The largest absolute Gasteiger partial charge is 0.299 e. The first-order valence-corrected chi connectivity index (χ1v) is 5.70. The zero-order valence-corrected chi connectivity index (χ0v) is 9.20. The van der Waals surface area contributed by atoms with E-state index in [2.05, 4.69) is 30.7 Å². The molecule has 0 aromatic heterocycles. The molecule has 1 nitrogen and oxygen atoms in total. The smallest absolute Gasteiger partial charge is 0.136 e. The predicted octanol–water partition coefficient (Wildman–Crippen LogP) is 3.17. The third-order valence-electron chi connectivity index (χ3n) is 3.23. The molecular weight excluding hydrogens is 184 g/mol. The predicted molar refractivity (Wildman–Crippen MR) is 61.6 cm³/mol. The third-order valence-corrected chi connectivity index (χ3v) is 3.23. The topological polar surface area (TPSA) is 17.1 Å². The molecule has 1 aliphatic rings. The molecule has 0 bridgehead atoms. The first kappa shape index (κ1) is 10.4. The van der Waals surface area contributed by atoms with Crippen LogP contribution in [0.25, 0.3) is 0 Å². The van der Waals surface area contributed by atoms with Crippen LogP contribution in [-0.2, 0) is 11.2 Å². The third kappa shape index (κ3) is 2.47. The van der Waals surface area contributed by atoms with Gasteiger partial charge in [0.05, 0.1) is 0 Å². The van der Waals surface area contributed by atoms with E-state index in [-0.39, 0.29) is 0 Å². The second-order valence-electron chi connectivity index (χ2n) is 4.29. The quantitative estimate of drug-likeness (QED) is 0.734. The number of ketones is 1. The molecule has 1 fully saturated rings. The number of hydrogen-bond acceptors (Lipinski definition) is 1. The Bertz CT molecular complexity index is 337. The number of rotatable bonds is 3. The molecule has 1 atom stereocenters. The van der Waals surface area contributed by atoms with Crippen LogP contribution in [0.3, 0.4) is 0 Å². The lowest BCUT2D eigenvalue weighted by atomic mass is 9.96. The Morgan fingerprint density at radius 2 is 2.07 bits per heavy atom. The van der Waals surface area contributed by atoms with Crippen molar-refractivity contribution in [3.05, 3.63) is 41.8 Å². The van der Waals surface area contributed by atoms with Crippen molar-refractivity contribution in [2.45, 2.75) is 32.6 Å². The second kappa shape index (κ2) is 4.61. The van der Waals surface area contributed by atoms with Gasteiger partial charge in [-0.15, -0.1) is 0 Å². The van der Waals surface area contributed by atoms with Gasteiger partial charge in [0.15, 0.2) is 0 Å². The fraction of sp³-hybridized carbons (Fsp3) is 0.429. The normalized spacial score (nSPS) is 20.9. The van der Waals surface area contributed by atoms with Gasteiger partial charge < -0.3 is 0 Å². The average molecular weight is 201 g/mol. The van der Waals surface area contributed by atoms with E-state index in [0.717, 1.165) is 25.7 Å². The van der Waals surface area contributed by atoms with Crippen LogP contribution in [0.1, 0.15) is 37.3 Å². The molecule has 0 N–H and O–H groups in total. The maximum Gasteiger partial charge on any atom is 0.136 e. The van der Waals surface area contributed by atoms with Gasteiger partial charge in [-0.3, -0.25) is 4.79 Å². The number of carbonyl (C=O) groups is 1. The van der Waals surface area contributed by atoms with Gasteiger partial charge in [0.25, 0.3) is 0 Å². The van der Waals surface area contributed by atoms with E-state index >= 15 is 0 Å². The maximum atomic E-state index is 11.5. The summed E-state index contributed by atoms with van der Waals surface area (Å²) in [4.78, 5) is 11.5. The highest BCUT2D eigenvalue weighted by molar-refractivity contribution is 5.83. The lowest BCUT2D eigenvalue weighted by Gasteiger charge is -2.08. The molecule has 0 amide bonds. The SMILES string of the molecule is C[CH]c1ccc(CC2CCCC2=O)cc1. The van der Waals surface area contributed by atoms with Crippen molar-refractivity contribution in [1.29, 1.82) is 0 Å². The molecule has 1 radical (unpaired) electrons. The zero-order valence-electron chi connectivity index (χ0n) is 9.20. The van der Waals surface area contributed by atoms with E-state index in [0.29, 0.717) is 11.7 Å². The van der Waals surface area contributed by atoms with Crippen molar-refractivity contribution in [3.63, 3.8) is 0 Å². The molecule has 0 saturated heterocycles. The molecule has 79 valence electrons. The van der Waals surface area contributed by atoms with Crippen molar-refractivity contribution >= 4 is 5.78 Å². The summed E-state index contributed by atoms with van der Waals surface area (Å²) in [5.41, 5.74) is 2.54. The first-order valence-electron chi connectivity index (χ1n) is 5.70. The van der Waals surface area contributed by atoms with Crippen molar-refractivity contribution in [1.82, 2.24) is 0 Å². The molecular formula is C14H17O. The van der Waals surface area contributed by atoms with Crippen LogP contribution in [0, 0.1) is 12.3 Å². The highest BCUT2D eigenvalue weighted by Gasteiger charge is 2.24. The molecule has 1 heteroatoms. The van der Waals surface area contributed by atoms with Gasteiger partial charge in [0, 0.05) is 12.3 Å². The van der Waals surface area contributed by atoms with E-state index in [9.17, 15) is 4.79 Å². The van der Waals surface area contributed by atoms with Gasteiger partial charge in [0.1, 0.15) is 5.78 Å². The summed E-state index contributed by atoms with van der Waals surface area (Å²) in [6, 6.07) is 8.52. The Morgan fingerprint density at radius 3 is 2.60 bits per heavy atom. The van der Waals surface area contributed by atoms with Crippen LogP contribution in [0.2, 0.25) is 0 Å². The zero-order chi connectivity index (χ0) is 10.7. The lowest BCUT2D eigenvalue weighted by molar-refractivity contribution is -0.120. The van der Waals surface area contributed by atoms with E-state index in [1.807, 2.05) is 6.92 Å². The minimum absolute atomic E-state index is 0.293. The van der Waals surface area contributed by atoms with Crippen molar-refractivity contribution in [2.75, 3.05) is 0 Å². The molecule has 1 saturated carbocycles. The highest BCUT2D eigenvalue weighted by Crippen LogP contribution is 2.25. The molecule has 1 aromatic rings. The van der Waals surface area contributed by atoms with Gasteiger partial charge in [-0.05, 0) is 36.8 Å². The van der Waals surface area contributed by atoms with Crippen LogP contribution in [0.5, 0.6) is 0 Å². The van der Waals surface area contributed by atoms with Crippen LogP contribution >= 0.6 is 0 Å². The van der Waals surface area contributed by atoms with Crippen molar-refractivity contribution < 1.29 is 4.79 Å². The Kier molecular flexibility index (Phi) is 3.20. The molecule has 0 spiro atoms. The molecule has 1 unspecified atom stereocenters. The van der Waals surface area contributed by atoms with Gasteiger partial charge in [0.2, 0.25) is 0 Å². The van der Waals surface area contributed by atoms with E-state index in [4.69, 9.17) is 0 Å². The summed E-state index contributed by atoms with van der Waals surface area (Å²) in [5, 5.41) is 0. The highest BCUT2D eigenvalue weighted by atomic mass is 16.1. The van der Waals surface area contributed by atoms with E-state index in [1.54, 1.807) is 0 Å². The first-order chi connectivity index (χ1) is 7.29. The second-order valence-corrected chi connectivity index (χ2v) is 4.29. The summed E-state index contributed by atoms with van der Waals surface area (Å²) in [6.45, 7) is 2.04. The minimum Gasteiger partial charge on any atom is -0.299 e. The minimum atomic E-state index is 0.293. The molecule has 0 heterocycles. The van der Waals surface area contributed by atoms with Crippen LogP contribution in [-0.4, -0.2) is 5.78 Å². The van der Waals surface area contributed by atoms with Crippen molar-refractivity contribution in [2.24, 2.45) is 5.92 Å². The monoisotopic (exact) mass is 201 g/mol. The Morgan fingerprint density at radius 1 is 1.33 bits per heavy atom. The van der Waals surface area contributed by atoms with Gasteiger partial charge in [-0.25, -0.2) is 0 Å². The summed E-state index contributed by atoms with van der Waals surface area (Å²) in [7, 11) is 0. The van der Waals surface area contributed by atoms with Crippen LogP contribution < -0.4 is 0 Å². The molecule has 0 aliphatic heterocycles. The molecule has 15 heavy (non-hydrogen) atoms. The summed E-state index contributed by atoms with van der Waals surface area (Å²) >= 11 is 0. The number of benzene rings is 1. The summed E-state index contributed by atoms with van der Waals surface area (Å²) < 4.78 is 0. The van der Waals surface area contributed by atoms with Crippen LogP contribution in [0.15, 0.2) is 24.3 Å². The van der Waals surface area contributed by atoms with Gasteiger partial charge in [-0.1, -0.05) is 31.2 Å². The van der Waals surface area contributed by atoms with E-state index in [1.165, 1.54) is 11.1 Å². The maximum absolute atomic E-state index is 11.5. The van der Waals surface area contributed by atoms with Gasteiger partial charge >= 0.3 is 0 Å². The Hall–Kier alpha value is -1.11. The molecule has 2 rings (SSSR count). The fourth-order valence-corrected chi connectivity index (χ4v) is 2.23. The number of hydrogen-bond donors (Lipinski definition) is 0. The lowest BCUT2D eigenvalue weighted by Crippen LogP contribution is -2.09. The summed E-state index contributed by atoms with van der Waals surface area (Å²) in [6.07, 6.45) is 5.99. The number of Topliss-reactive ketones (excluding diaryl/α,β-unsaturated/α-hetero) is 1. The van der Waals surface area contributed by atoms with E-state index < -0.39 is 0 Å².